The highest BCUT2D eigenvalue weighted by molar-refractivity contribution is 6.07. The maximum atomic E-state index is 13.1. The molecule has 1 aromatic heterocycles. The lowest BCUT2D eigenvalue weighted by Crippen LogP contribution is -2.43. The number of hydrogen-bond donors (Lipinski definition) is 2. The van der Waals surface area contributed by atoms with E-state index in [9.17, 15) is 9.59 Å². The second-order valence-electron chi connectivity index (χ2n) is 8.82. The minimum absolute atomic E-state index is 0.0634. The summed E-state index contributed by atoms with van der Waals surface area (Å²) in [4.78, 5) is 30.2. The summed E-state index contributed by atoms with van der Waals surface area (Å²) in [7, 11) is 0. The fourth-order valence-electron chi connectivity index (χ4n) is 4.10. The summed E-state index contributed by atoms with van der Waals surface area (Å²) in [5, 5.41) is 3.58. The molecule has 2 heterocycles. The Kier molecular flexibility index (Phi) is 7.47. The van der Waals surface area contributed by atoms with E-state index in [-0.39, 0.29) is 42.3 Å². The molecule has 9 heteroatoms. The van der Waals surface area contributed by atoms with Gasteiger partial charge in [-0.05, 0) is 44.0 Å². The molecule has 0 aliphatic carbocycles. The number of amides is 1. The SMILES string of the molecule is CCOC(=O)c1c(C)nc2cccc(OC[C@@H](NC(=O)c3cccc4c3OCCO4)C(C)C)c2c1N. The van der Waals surface area contributed by atoms with Crippen molar-refractivity contribution in [2.24, 2.45) is 5.92 Å². The number of aryl methyl sites for hydroxylation is 1. The predicted molar refractivity (Wildman–Crippen MR) is 136 cm³/mol. The maximum absolute atomic E-state index is 13.1. The number of pyridine rings is 1. The molecule has 3 aromatic rings. The van der Waals surface area contributed by atoms with Crippen LogP contribution in [-0.2, 0) is 4.74 Å². The first-order valence-electron chi connectivity index (χ1n) is 12.0. The van der Waals surface area contributed by atoms with Crippen LogP contribution in [0.5, 0.6) is 17.2 Å². The number of ether oxygens (including phenoxy) is 4. The smallest absolute Gasteiger partial charge is 0.342 e. The van der Waals surface area contributed by atoms with E-state index in [0.717, 1.165) is 0 Å². The summed E-state index contributed by atoms with van der Waals surface area (Å²) in [6, 6.07) is 10.3. The Bertz CT molecular complexity index is 1290. The minimum atomic E-state index is -0.526. The van der Waals surface area contributed by atoms with Crippen molar-refractivity contribution >= 4 is 28.5 Å². The van der Waals surface area contributed by atoms with Crippen molar-refractivity contribution in [3.05, 3.63) is 53.2 Å². The van der Waals surface area contributed by atoms with Gasteiger partial charge in [-0.1, -0.05) is 26.0 Å². The second-order valence-corrected chi connectivity index (χ2v) is 8.82. The molecule has 3 N–H and O–H groups in total. The lowest BCUT2D eigenvalue weighted by molar-refractivity contribution is 0.0526. The highest BCUT2D eigenvalue weighted by atomic mass is 16.6. The number of nitrogens with one attached hydrogen (secondary N) is 1. The third-order valence-corrected chi connectivity index (χ3v) is 6.02. The van der Waals surface area contributed by atoms with E-state index in [2.05, 4.69) is 10.3 Å². The molecule has 1 aliphatic rings. The van der Waals surface area contributed by atoms with Gasteiger partial charge in [0.15, 0.2) is 11.5 Å². The normalized spacial score (nSPS) is 13.4. The van der Waals surface area contributed by atoms with Crippen molar-refractivity contribution in [3.8, 4) is 17.2 Å². The monoisotopic (exact) mass is 493 g/mol. The Morgan fingerprint density at radius 3 is 2.64 bits per heavy atom. The number of aromatic nitrogens is 1. The highest BCUT2D eigenvalue weighted by Crippen LogP contribution is 2.35. The summed E-state index contributed by atoms with van der Waals surface area (Å²) in [5.41, 5.74) is 8.40. The van der Waals surface area contributed by atoms with Gasteiger partial charge >= 0.3 is 5.97 Å². The Balaban J connectivity index is 1.58. The lowest BCUT2D eigenvalue weighted by Gasteiger charge is -2.25. The zero-order valence-corrected chi connectivity index (χ0v) is 20.9. The largest absolute Gasteiger partial charge is 0.491 e. The molecule has 1 amide bonds. The molecule has 0 spiro atoms. The quantitative estimate of drug-likeness (QED) is 0.453. The van der Waals surface area contributed by atoms with Gasteiger partial charge in [0.05, 0.1) is 40.5 Å². The summed E-state index contributed by atoms with van der Waals surface area (Å²) < 4.78 is 22.6. The first kappa shape index (κ1) is 25.1. The summed E-state index contributed by atoms with van der Waals surface area (Å²) >= 11 is 0. The van der Waals surface area contributed by atoms with Gasteiger partial charge in [-0.2, -0.15) is 0 Å². The molecule has 0 saturated heterocycles. The van der Waals surface area contributed by atoms with Gasteiger partial charge < -0.3 is 30.0 Å². The van der Waals surface area contributed by atoms with Crippen molar-refractivity contribution in [2.75, 3.05) is 32.2 Å². The number of anilines is 1. The van der Waals surface area contributed by atoms with Gasteiger partial charge in [-0.3, -0.25) is 9.78 Å². The topological polar surface area (TPSA) is 122 Å². The van der Waals surface area contributed by atoms with Gasteiger partial charge in [-0.15, -0.1) is 0 Å². The number of nitrogen functional groups attached to an aromatic ring is 1. The standard InChI is InChI=1S/C27H31N3O6/c1-5-33-27(32)22-16(4)29-18-9-7-10-20(23(18)24(22)28)36-14-19(15(2)3)30-26(31)17-8-6-11-21-25(17)35-13-12-34-21/h6-11,15,19H,5,12-14H2,1-4H3,(H2,28,29)(H,30,31)/t19-/m1/s1. The Morgan fingerprint density at radius 1 is 1.14 bits per heavy atom. The lowest BCUT2D eigenvalue weighted by atomic mass is 10.0. The minimum Gasteiger partial charge on any atom is -0.491 e. The van der Waals surface area contributed by atoms with Gasteiger partial charge in [0.25, 0.3) is 5.91 Å². The number of esters is 1. The Labute approximate surface area is 209 Å². The van der Waals surface area contributed by atoms with E-state index in [1.54, 1.807) is 38.1 Å². The van der Waals surface area contributed by atoms with Crippen LogP contribution in [0.15, 0.2) is 36.4 Å². The maximum Gasteiger partial charge on any atom is 0.342 e. The van der Waals surface area contributed by atoms with Gasteiger partial charge in [0.2, 0.25) is 0 Å². The molecule has 4 rings (SSSR count). The molecule has 1 aliphatic heterocycles. The van der Waals surface area contributed by atoms with E-state index in [4.69, 9.17) is 24.7 Å². The average Bonchev–Trinajstić information content (AvgIpc) is 2.85. The molecule has 9 nitrogen and oxygen atoms in total. The van der Waals surface area contributed by atoms with Crippen LogP contribution in [-0.4, -0.2) is 49.3 Å². The molecule has 0 bridgehead atoms. The fraction of sp³-hybridized carbons (Fsp3) is 0.370. The number of carbonyl (C=O) groups excluding carboxylic acids is 2. The number of nitrogens with two attached hydrogens (primary N) is 1. The number of carbonyl (C=O) groups is 2. The van der Waals surface area contributed by atoms with Crippen LogP contribution in [0.4, 0.5) is 5.69 Å². The van der Waals surface area contributed by atoms with Gasteiger partial charge in [0, 0.05) is 0 Å². The zero-order valence-electron chi connectivity index (χ0n) is 20.9. The van der Waals surface area contributed by atoms with E-state index in [1.807, 2.05) is 26.0 Å². The average molecular weight is 494 g/mol. The predicted octanol–water partition coefficient (Wildman–Crippen LogP) is 3.91. The number of nitrogens with zero attached hydrogens (tertiary/aromatic N) is 1. The number of hydrogen-bond acceptors (Lipinski definition) is 8. The van der Waals surface area contributed by atoms with E-state index in [0.29, 0.717) is 52.6 Å². The second kappa shape index (κ2) is 10.7. The van der Waals surface area contributed by atoms with E-state index >= 15 is 0 Å². The molecular weight excluding hydrogens is 462 g/mol. The number of rotatable bonds is 8. The van der Waals surface area contributed by atoms with Crippen molar-refractivity contribution in [2.45, 2.75) is 33.7 Å². The van der Waals surface area contributed by atoms with Crippen LogP contribution in [0.1, 0.15) is 47.2 Å². The molecule has 0 fully saturated rings. The van der Waals surface area contributed by atoms with Crippen LogP contribution in [0.2, 0.25) is 0 Å². The summed E-state index contributed by atoms with van der Waals surface area (Å²) in [6.45, 7) is 8.68. The summed E-state index contributed by atoms with van der Waals surface area (Å²) in [6.07, 6.45) is 0. The van der Waals surface area contributed by atoms with Crippen molar-refractivity contribution in [1.29, 1.82) is 0 Å². The van der Waals surface area contributed by atoms with Crippen LogP contribution in [0, 0.1) is 12.8 Å². The fourth-order valence-corrected chi connectivity index (χ4v) is 4.10. The molecule has 0 unspecified atom stereocenters. The van der Waals surface area contributed by atoms with Crippen LogP contribution < -0.4 is 25.3 Å². The number of fused-ring (bicyclic) bond motifs is 2. The van der Waals surface area contributed by atoms with E-state index in [1.165, 1.54) is 0 Å². The molecule has 1 atom stereocenters. The van der Waals surface area contributed by atoms with Crippen LogP contribution in [0.25, 0.3) is 10.9 Å². The molecule has 2 aromatic carbocycles. The van der Waals surface area contributed by atoms with Crippen LogP contribution in [0.3, 0.4) is 0 Å². The van der Waals surface area contributed by atoms with Crippen molar-refractivity contribution in [1.82, 2.24) is 10.3 Å². The van der Waals surface area contributed by atoms with Crippen LogP contribution >= 0.6 is 0 Å². The Hall–Kier alpha value is -4.01. The molecule has 36 heavy (non-hydrogen) atoms. The number of benzene rings is 2. The highest BCUT2D eigenvalue weighted by Gasteiger charge is 2.25. The first-order valence-corrected chi connectivity index (χ1v) is 12.0. The number of para-hydroxylation sites is 1. The zero-order chi connectivity index (χ0) is 25.8. The Morgan fingerprint density at radius 2 is 1.89 bits per heavy atom. The first-order chi connectivity index (χ1) is 17.3. The third kappa shape index (κ3) is 5.00. The van der Waals surface area contributed by atoms with Crippen molar-refractivity contribution in [3.63, 3.8) is 0 Å². The third-order valence-electron chi connectivity index (χ3n) is 6.02. The van der Waals surface area contributed by atoms with E-state index < -0.39 is 5.97 Å². The molecule has 0 saturated carbocycles. The molecule has 190 valence electrons. The van der Waals surface area contributed by atoms with Crippen molar-refractivity contribution < 1.29 is 28.5 Å². The summed E-state index contributed by atoms with van der Waals surface area (Å²) in [5.74, 6) is 0.725. The van der Waals surface area contributed by atoms with Gasteiger partial charge in [-0.25, -0.2) is 4.79 Å². The molecule has 0 radical (unpaired) electrons. The molecular formula is C27H31N3O6. The van der Waals surface area contributed by atoms with Gasteiger partial charge in [0.1, 0.15) is 31.1 Å².